The van der Waals surface area contributed by atoms with Gasteiger partial charge in [0.05, 0.1) is 11.1 Å². The van der Waals surface area contributed by atoms with Crippen molar-refractivity contribution in [3.05, 3.63) is 29.3 Å². The molecule has 0 aliphatic carbocycles. The van der Waals surface area contributed by atoms with Crippen LogP contribution in [0.4, 0.5) is 18.9 Å². The van der Waals surface area contributed by atoms with Crippen molar-refractivity contribution in [2.24, 2.45) is 0 Å². The van der Waals surface area contributed by atoms with Crippen LogP contribution >= 0.6 is 0 Å². The second-order valence-electron chi connectivity index (χ2n) is 4.06. The number of hydrogen-bond acceptors (Lipinski definition) is 2. The maximum atomic E-state index is 12.6. The van der Waals surface area contributed by atoms with Gasteiger partial charge in [0.2, 0.25) is 0 Å². The molecule has 1 unspecified atom stereocenters. The van der Waals surface area contributed by atoms with Gasteiger partial charge in [-0.05, 0) is 31.5 Å². The number of alkyl halides is 3. The van der Waals surface area contributed by atoms with Crippen LogP contribution in [0.3, 0.4) is 0 Å². The highest BCUT2D eigenvalue weighted by molar-refractivity contribution is 5.89. The monoisotopic (exact) mass is 261 g/mol. The summed E-state index contributed by atoms with van der Waals surface area (Å²) in [7, 11) is 0. The number of hydrogen-bond donors (Lipinski definition) is 2. The summed E-state index contributed by atoms with van der Waals surface area (Å²) in [6, 6.07) is 2.71. The van der Waals surface area contributed by atoms with Crippen LogP contribution in [0.15, 0.2) is 18.2 Å². The number of anilines is 1. The predicted octanol–water partition coefficient (Wildman–Crippen LogP) is 3.61. The van der Waals surface area contributed by atoms with Gasteiger partial charge in [-0.15, -0.1) is 0 Å². The number of carbonyl (C=O) groups is 1. The Kier molecular flexibility index (Phi) is 4.21. The second-order valence-corrected chi connectivity index (χ2v) is 4.06. The molecule has 0 amide bonds. The molecule has 0 radical (unpaired) electrons. The van der Waals surface area contributed by atoms with Gasteiger partial charge in [0, 0.05) is 11.7 Å². The molecular formula is C12H14F3NO2. The van der Waals surface area contributed by atoms with Crippen molar-refractivity contribution < 1.29 is 23.1 Å². The molecule has 0 heterocycles. The molecule has 0 saturated heterocycles. The van der Waals surface area contributed by atoms with E-state index in [0.717, 1.165) is 12.5 Å². The molecule has 1 atom stereocenters. The van der Waals surface area contributed by atoms with Crippen LogP contribution in [0.25, 0.3) is 0 Å². The summed E-state index contributed by atoms with van der Waals surface area (Å²) in [4.78, 5) is 10.8. The Morgan fingerprint density at radius 3 is 2.44 bits per heavy atom. The third-order valence-corrected chi connectivity index (χ3v) is 2.53. The fourth-order valence-corrected chi connectivity index (χ4v) is 1.38. The van der Waals surface area contributed by atoms with Crippen LogP contribution < -0.4 is 5.32 Å². The zero-order valence-corrected chi connectivity index (χ0v) is 10.0. The lowest BCUT2D eigenvalue weighted by Crippen LogP contribution is -2.15. The Balaban J connectivity index is 3.18. The fraction of sp³-hybridized carbons (Fsp3) is 0.417. The minimum Gasteiger partial charge on any atom is -0.478 e. The predicted molar refractivity (Wildman–Crippen MR) is 61.8 cm³/mol. The van der Waals surface area contributed by atoms with Gasteiger partial charge < -0.3 is 10.4 Å². The fourth-order valence-electron chi connectivity index (χ4n) is 1.38. The van der Waals surface area contributed by atoms with Crippen molar-refractivity contribution in [3.63, 3.8) is 0 Å². The molecule has 0 spiro atoms. The average molecular weight is 261 g/mol. The van der Waals surface area contributed by atoms with E-state index in [4.69, 9.17) is 5.11 Å². The highest BCUT2D eigenvalue weighted by Gasteiger charge is 2.31. The van der Waals surface area contributed by atoms with E-state index < -0.39 is 17.7 Å². The van der Waals surface area contributed by atoms with Crippen molar-refractivity contribution in [2.75, 3.05) is 5.32 Å². The number of aromatic carboxylic acids is 1. The third-order valence-electron chi connectivity index (χ3n) is 2.53. The molecule has 0 bridgehead atoms. The van der Waals surface area contributed by atoms with Gasteiger partial charge in [-0.2, -0.15) is 13.2 Å². The molecule has 3 nitrogen and oxygen atoms in total. The van der Waals surface area contributed by atoms with Crippen LogP contribution in [-0.2, 0) is 6.18 Å². The summed E-state index contributed by atoms with van der Waals surface area (Å²) in [5.74, 6) is -1.38. The summed E-state index contributed by atoms with van der Waals surface area (Å²) >= 11 is 0. The lowest BCUT2D eigenvalue weighted by molar-refractivity contribution is -0.137. The van der Waals surface area contributed by atoms with Crippen LogP contribution in [0.1, 0.15) is 36.2 Å². The second kappa shape index (κ2) is 5.29. The topological polar surface area (TPSA) is 49.3 Å². The Labute approximate surface area is 103 Å². The Bertz CT molecular complexity index is 443. The first-order valence-electron chi connectivity index (χ1n) is 5.46. The largest absolute Gasteiger partial charge is 0.478 e. The Hall–Kier alpha value is -1.72. The van der Waals surface area contributed by atoms with Gasteiger partial charge in [-0.1, -0.05) is 6.92 Å². The van der Waals surface area contributed by atoms with Crippen LogP contribution in [-0.4, -0.2) is 17.1 Å². The van der Waals surface area contributed by atoms with Gasteiger partial charge in [-0.3, -0.25) is 0 Å². The maximum Gasteiger partial charge on any atom is 0.416 e. The summed E-state index contributed by atoms with van der Waals surface area (Å²) in [5.41, 5.74) is -1.18. The number of nitrogens with one attached hydrogen (secondary N) is 1. The standard InChI is InChI=1S/C12H14F3NO2/c1-3-7(2)16-10-5-8(11(17)18)4-9(6-10)12(13,14)15/h4-7,16H,3H2,1-2H3,(H,17,18). The molecule has 0 aliphatic heterocycles. The molecule has 100 valence electrons. The van der Waals surface area contributed by atoms with Crippen LogP contribution in [0.5, 0.6) is 0 Å². The molecule has 0 aromatic heterocycles. The van der Waals surface area contributed by atoms with Gasteiger partial charge in [-0.25, -0.2) is 4.79 Å². The zero-order valence-electron chi connectivity index (χ0n) is 10.0. The van der Waals surface area contributed by atoms with E-state index in [-0.39, 0.29) is 17.3 Å². The van der Waals surface area contributed by atoms with Crippen molar-refractivity contribution in [1.82, 2.24) is 0 Å². The van der Waals surface area contributed by atoms with Crippen molar-refractivity contribution in [1.29, 1.82) is 0 Å². The van der Waals surface area contributed by atoms with E-state index >= 15 is 0 Å². The van der Waals surface area contributed by atoms with Gasteiger partial charge in [0.25, 0.3) is 0 Å². The number of halogens is 3. The summed E-state index contributed by atoms with van der Waals surface area (Å²) in [6.07, 6.45) is -3.84. The highest BCUT2D eigenvalue weighted by Crippen LogP contribution is 2.32. The third kappa shape index (κ3) is 3.65. The molecule has 0 fully saturated rings. The minimum atomic E-state index is -4.56. The SMILES string of the molecule is CCC(C)Nc1cc(C(=O)O)cc(C(F)(F)F)c1. The quantitative estimate of drug-likeness (QED) is 0.870. The van der Waals surface area contributed by atoms with Gasteiger partial charge in [0.1, 0.15) is 0 Å². The van der Waals surface area contributed by atoms with Gasteiger partial charge in [0.15, 0.2) is 0 Å². The van der Waals surface area contributed by atoms with Crippen molar-refractivity contribution in [2.45, 2.75) is 32.5 Å². The molecule has 2 N–H and O–H groups in total. The Morgan fingerprint density at radius 1 is 1.39 bits per heavy atom. The number of carboxylic acid groups (broad SMARTS) is 1. The molecular weight excluding hydrogens is 247 g/mol. The first-order chi connectivity index (χ1) is 8.24. The molecule has 18 heavy (non-hydrogen) atoms. The van der Waals surface area contributed by atoms with Crippen LogP contribution in [0, 0.1) is 0 Å². The maximum absolute atomic E-state index is 12.6. The minimum absolute atomic E-state index is 0.0323. The van der Waals surface area contributed by atoms with Crippen LogP contribution in [0.2, 0.25) is 0 Å². The summed E-state index contributed by atoms with van der Waals surface area (Å²) < 4.78 is 37.8. The van der Waals surface area contributed by atoms with Crippen molar-refractivity contribution >= 4 is 11.7 Å². The van der Waals surface area contributed by atoms with E-state index in [9.17, 15) is 18.0 Å². The zero-order chi connectivity index (χ0) is 13.9. The number of carboxylic acids is 1. The molecule has 6 heteroatoms. The molecule has 1 aromatic carbocycles. The molecule has 0 saturated carbocycles. The summed E-state index contributed by atoms with van der Waals surface area (Å²) in [6.45, 7) is 3.68. The summed E-state index contributed by atoms with van der Waals surface area (Å²) in [5, 5.41) is 11.6. The van der Waals surface area contributed by atoms with E-state index in [0.29, 0.717) is 6.07 Å². The normalized spacial score (nSPS) is 13.2. The molecule has 1 rings (SSSR count). The lowest BCUT2D eigenvalue weighted by Gasteiger charge is -2.16. The smallest absolute Gasteiger partial charge is 0.416 e. The number of rotatable bonds is 4. The van der Waals surface area contributed by atoms with Crippen molar-refractivity contribution in [3.8, 4) is 0 Å². The Morgan fingerprint density at radius 2 is 2.00 bits per heavy atom. The lowest BCUT2D eigenvalue weighted by atomic mass is 10.1. The van der Waals surface area contributed by atoms with E-state index in [1.165, 1.54) is 6.07 Å². The van der Waals surface area contributed by atoms with Gasteiger partial charge >= 0.3 is 12.1 Å². The van der Waals surface area contributed by atoms with E-state index in [1.807, 2.05) is 6.92 Å². The first-order valence-corrected chi connectivity index (χ1v) is 5.46. The molecule has 1 aromatic rings. The van der Waals surface area contributed by atoms with E-state index in [1.54, 1.807) is 6.92 Å². The average Bonchev–Trinajstić information content (AvgIpc) is 2.27. The number of benzene rings is 1. The first kappa shape index (κ1) is 14.3. The molecule has 0 aliphatic rings. The van der Waals surface area contributed by atoms with E-state index in [2.05, 4.69) is 5.32 Å². The highest BCUT2D eigenvalue weighted by atomic mass is 19.4.